The second kappa shape index (κ2) is 7.59. The minimum absolute atomic E-state index is 0.128. The number of anilines is 1. The Hall–Kier alpha value is -1.94. The van der Waals surface area contributed by atoms with Gasteiger partial charge in [0.05, 0.1) is 11.0 Å². The lowest BCUT2D eigenvalue weighted by Crippen LogP contribution is -2.48. The molecule has 0 aromatic heterocycles. The molecule has 3 rings (SSSR count). The summed E-state index contributed by atoms with van der Waals surface area (Å²) in [6, 6.07) is 7.56. The van der Waals surface area contributed by atoms with E-state index in [-0.39, 0.29) is 13.1 Å². The summed E-state index contributed by atoms with van der Waals surface area (Å²) in [5.41, 5.74) is 0.264. The van der Waals surface area contributed by atoms with E-state index < -0.39 is 31.3 Å². The van der Waals surface area contributed by atoms with E-state index in [4.69, 9.17) is 23.2 Å². The van der Waals surface area contributed by atoms with E-state index in [0.29, 0.717) is 29.2 Å². The van der Waals surface area contributed by atoms with Crippen LogP contribution in [0.4, 0.5) is 15.8 Å². The SMILES string of the molecule is O=[N+]([O-])c1ccc(S(=O)(=O)N2CCN(c3cc(Cl)cc(Cl)c3)CC2)c(F)c1. The first-order valence-electron chi connectivity index (χ1n) is 7.83. The summed E-state index contributed by atoms with van der Waals surface area (Å²) in [6.45, 7) is 0.987. The molecule has 144 valence electrons. The van der Waals surface area contributed by atoms with Gasteiger partial charge in [-0.2, -0.15) is 4.31 Å². The molecule has 2 aromatic rings. The highest BCUT2D eigenvalue weighted by Gasteiger charge is 2.31. The fraction of sp³-hybridized carbons (Fsp3) is 0.250. The van der Waals surface area contributed by atoms with Crippen molar-refractivity contribution in [1.29, 1.82) is 0 Å². The topological polar surface area (TPSA) is 83.8 Å². The van der Waals surface area contributed by atoms with E-state index in [1.54, 1.807) is 18.2 Å². The third-order valence-corrected chi connectivity index (χ3v) is 6.56. The molecule has 11 heteroatoms. The Balaban J connectivity index is 1.78. The summed E-state index contributed by atoms with van der Waals surface area (Å²) in [5, 5.41) is 11.6. The van der Waals surface area contributed by atoms with Crippen molar-refractivity contribution in [2.75, 3.05) is 31.1 Å². The van der Waals surface area contributed by atoms with Crippen LogP contribution in [-0.2, 0) is 10.0 Å². The van der Waals surface area contributed by atoms with Gasteiger partial charge in [-0.3, -0.25) is 10.1 Å². The molecule has 1 aliphatic rings. The lowest BCUT2D eigenvalue weighted by molar-refractivity contribution is -0.385. The zero-order valence-corrected chi connectivity index (χ0v) is 16.1. The zero-order chi connectivity index (χ0) is 19.8. The average molecular weight is 434 g/mol. The van der Waals surface area contributed by atoms with Crippen LogP contribution in [0.5, 0.6) is 0 Å². The van der Waals surface area contributed by atoms with Gasteiger partial charge in [-0.15, -0.1) is 0 Å². The summed E-state index contributed by atoms with van der Waals surface area (Å²) >= 11 is 12.0. The molecule has 7 nitrogen and oxygen atoms in total. The van der Waals surface area contributed by atoms with Crippen LogP contribution >= 0.6 is 23.2 Å². The lowest BCUT2D eigenvalue weighted by atomic mass is 10.2. The Morgan fingerprint density at radius 3 is 2.11 bits per heavy atom. The molecule has 1 fully saturated rings. The van der Waals surface area contributed by atoms with E-state index in [1.165, 1.54) is 0 Å². The van der Waals surface area contributed by atoms with Crippen LogP contribution in [0.2, 0.25) is 10.0 Å². The number of nitro benzene ring substituents is 1. The molecular formula is C16H14Cl2FN3O4S. The van der Waals surface area contributed by atoms with Gasteiger partial charge in [-0.05, 0) is 24.3 Å². The number of nitro groups is 1. The molecule has 0 N–H and O–H groups in total. The van der Waals surface area contributed by atoms with Crippen LogP contribution in [0.1, 0.15) is 0 Å². The Kier molecular flexibility index (Phi) is 5.57. The van der Waals surface area contributed by atoms with E-state index in [2.05, 4.69) is 0 Å². The number of hydrogen-bond acceptors (Lipinski definition) is 5. The highest BCUT2D eigenvalue weighted by Crippen LogP contribution is 2.28. The molecule has 2 aromatic carbocycles. The minimum Gasteiger partial charge on any atom is -0.369 e. The number of sulfonamides is 1. The van der Waals surface area contributed by atoms with E-state index >= 15 is 0 Å². The number of non-ortho nitro benzene ring substituents is 1. The quantitative estimate of drug-likeness (QED) is 0.543. The molecule has 0 radical (unpaired) electrons. The monoisotopic (exact) mass is 433 g/mol. The molecule has 1 heterocycles. The molecule has 0 spiro atoms. The predicted octanol–water partition coefficient (Wildman–Crippen LogP) is 3.55. The molecular weight excluding hydrogens is 420 g/mol. The minimum atomic E-state index is -4.10. The van der Waals surface area contributed by atoms with Crippen LogP contribution in [0.25, 0.3) is 0 Å². The molecule has 0 bridgehead atoms. The van der Waals surface area contributed by atoms with Crippen molar-refractivity contribution in [3.63, 3.8) is 0 Å². The first-order chi connectivity index (χ1) is 12.7. The van der Waals surface area contributed by atoms with Gasteiger partial charge in [-0.1, -0.05) is 23.2 Å². The molecule has 0 aliphatic carbocycles. The highest BCUT2D eigenvalue weighted by atomic mass is 35.5. The number of rotatable bonds is 4. The average Bonchev–Trinajstić information content (AvgIpc) is 2.60. The van der Waals surface area contributed by atoms with Gasteiger partial charge >= 0.3 is 0 Å². The van der Waals surface area contributed by atoms with E-state index in [9.17, 15) is 22.9 Å². The zero-order valence-electron chi connectivity index (χ0n) is 13.8. The first-order valence-corrected chi connectivity index (χ1v) is 10.0. The van der Waals surface area contributed by atoms with Crippen molar-refractivity contribution in [2.45, 2.75) is 4.90 Å². The van der Waals surface area contributed by atoms with E-state index in [1.807, 2.05) is 4.90 Å². The summed E-state index contributed by atoms with van der Waals surface area (Å²) < 4.78 is 40.7. The summed E-state index contributed by atoms with van der Waals surface area (Å²) in [5.74, 6) is -1.15. The van der Waals surface area contributed by atoms with Crippen LogP contribution in [-0.4, -0.2) is 43.8 Å². The molecule has 0 amide bonds. The number of hydrogen-bond donors (Lipinski definition) is 0. The molecule has 1 aliphatic heterocycles. The number of halogens is 3. The van der Waals surface area contributed by atoms with Crippen LogP contribution in [0.3, 0.4) is 0 Å². The van der Waals surface area contributed by atoms with Crippen molar-refractivity contribution < 1.29 is 17.7 Å². The molecule has 1 saturated heterocycles. The molecule has 0 saturated carbocycles. The van der Waals surface area contributed by atoms with Crippen molar-refractivity contribution in [3.05, 3.63) is 62.4 Å². The van der Waals surface area contributed by atoms with Crippen molar-refractivity contribution in [1.82, 2.24) is 4.31 Å². The lowest BCUT2D eigenvalue weighted by Gasteiger charge is -2.35. The molecule has 0 atom stereocenters. The fourth-order valence-electron chi connectivity index (χ4n) is 2.86. The van der Waals surface area contributed by atoms with Crippen LogP contribution in [0, 0.1) is 15.9 Å². The predicted molar refractivity (Wildman–Crippen MR) is 100 cm³/mol. The Morgan fingerprint density at radius 2 is 1.59 bits per heavy atom. The van der Waals surface area contributed by atoms with Gasteiger partial charge in [0, 0.05) is 48.0 Å². The largest absolute Gasteiger partial charge is 0.369 e. The fourth-order valence-corrected chi connectivity index (χ4v) is 4.84. The Labute approximate surface area is 165 Å². The third-order valence-electron chi connectivity index (χ3n) is 4.20. The van der Waals surface area contributed by atoms with Gasteiger partial charge in [0.2, 0.25) is 10.0 Å². The molecule has 0 unspecified atom stereocenters. The van der Waals surface area contributed by atoms with Gasteiger partial charge in [0.15, 0.2) is 0 Å². The summed E-state index contributed by atoms with van der Waals surface area (Å²) in [6.07, 6.45) is 0. The number of nitrogens with zero attached hydrogens (tertiary/aromatic N) is 3. The van der Waals surface area contributed by atoms with Crippen molar-refractivity contribution in [2.24, 2.45) is 0 Å². The van der Waals surface area contributed by atoms with Gasteiger partial charge < -0.3 is 4.90 Å². The number of benzene rings is 2. The van der Waals surface area contributed by atoms with Crippen molar-refractivity contribution >= 4 is 44.6 Å². The maximum atomic E-state index is 14.1. The Bertz CT molecular complexity index is 975. The van der Waals surface area contributed by atoms with Gasteiger partial charge in [0.25, 0.3) is 5.69 Å². The third kappa shape index (κ3) is 4.16. The van der Waals surface area contributed by atoms with Crippen molar-refractivity contribution in [3.8, 4) is 0 Å². The normalized spacial score (nSPS) is 15.7. The standard InChI is InChI=1S/C16H14Cl2FN3O4S/c17-11-7-12(18)9-14(8-11)20-3-5-21(6-4-20)27(25,26)16-2-1-13(22(23)24)10-15(16)19/h1-2,7-10H,3-6H2. The van der Waals surface area contributed by atoms with Gasteiger partial charge in [0.1, 0.15) is 10.7 Å². The number of piperazine rings is 1. The maximum absolute atomic E-state index is 14.1. The maximum Gasteiger partial charge on any atom is 0.272 e. The van der Waals surface area contributed by atoms with Crippen LogP contribution < -0.4 is 4.90 Å². The van der Waals surface area contributed by atoms with Gasteiger partial charge in [-0.25, -0.2) is 12.8 Å². The Morgan fingerprint density at radius 1 is 1.00 bits per heavy atom. The summed E-state index contributed by atoms with van der Waals surface area (Å²) in [7, 11) is -4.10. The first kappa shape index (κ1) is 19.8. The van der Waals surface area contributed by atoms with E-state index in [0.717, 1.165) is 22.1 Å². The highest BCUT2D eigenvalue weighted by molar-refractivity contribution is 7.89. The molecule has 27 heavy (non-hydrogen) atoms. The smallest absolute Gasteiger partial charge is 0.272 e. The summed E-state index contributed by atoms with van der Waals surface area (Å²) in [4.78, 5) is 11.3. The van der Waals surface area contributed by atoms with Crippen LogP contribution in [0.15, 0.2) is 41.3 Å². The second-order valence-corrected chi connectivity index (χ2v) is 8.67. The second-order valence-electron chi connectivity index (χ2n) is 5.89.